The molecule has 3 heterocycles. The van der Waals surface area contributed by atoms with Gasteiger partial charge in [-0.2, -0.15) is 11.8 Å². The minimum Gasteiger partial charge on any atom is -0.379 e. The Morgan fingerprint density at radius 2 is 1.30 bits per heavy atom. The van der Waals surface area contributed by atoms with Gasteiger partial charge in [0.2, 0.25) is 23.6 Å². The van der Waals surface area contributed by atoms with E-state index in [2.05, 4.69) is 57.4 Å². The Morgan fingerprint density at radius 1 is 0.704 bits per heavy atom. The summed E-state index contributed by atoms with van der Waals surface area (Å²) in [6.45, 7) is 8.02. The van der Waals surface area contributed by atoms with Gasteiger partial charge in [0.15, 0.2) is 0 Å². The zero-order valence-corrected chi connectivity index (χ0v) is 42.3. The van der Waals surface area contributed by atoms with Crippen molar-refractivity contribution in [1.82, 2.24) is 41.5 Å². The fourth-order valence-corrected chi connectivity index (χ4v) is 9.38. The molecule has 0 saturated carbocycles. The van der Waals surface area contributed by atoms with E-state index in [9.17, 15) is 24.0 Å². The van der Waals surface area contributed by atoms with Crippen molar-refractivity contribution in [2.75, 3.05) is 101 Å². The summed E-state index contributed by atoms with van der Waals surface area (Å²) in [5.74, 6) is 1.92. The summed E-state index contributed by atoms with van der Waals surface area (Å²) in [7, 11) is 1.99. The summed E-state index contributed by atoms with van der Waals surface area (Å²) in [5, 5.41) is 24.6. The maximum atomic E-state index is 12.6. The Kier molecular flexibility index (Phi) is 26.1. The molecule has 3 aromatic rings. The van der Waals surface area contributed by atoms with E-state index in [0.717, 1.165) is 67.8 Å². The van der Waals surface area contributed by atoms with Crippen LogP contribution in [0.25, 0.3) is 0 Å². The number of urea groups is 1. The van der Waals surface area contributed by atoms with Crippen LogP contribution in [0.4, 0.5) is 33.5 Å². The molecule has 5 rings (SSSR count). The second kappa shape index (κ2) is 33.0. The molecule has 71 heavy (non-hydrogen) atoms. The highest BCUT2D eigenvalue weighted by atomic mass is 32.2. The number of carbonyl (C=O) groups is 5. The van der Waals surface area contributed by atoms with Crippen LogP contribution in [0, 0.1) is 6.92 Å². The van der Waals surface area contributed by atoms with Crippen molar-refractivity contribution in [3.63, 3.8) is 0 Å². The highest BCUT2D eigenvalue weighted by molar-refractivity contribution is 8.00. The minimum atomic E-state index is -0.227. The number of hydrogen-bond donors (Lipinski definition) is 8. The van der Waals surface area contributed by atoms with Crippen LogP contribution >= 0.6 is 11.8 Å². The molecule has 0 aliphatic carbocycles. The predicted molar refractivity (Wildman–Crippen MR) is 279 cm³/mol. The molecule has 8 N–H and O–H groups in total. The molecule has 20 heteroatoms. The molecule has 2 aliphatic heterocycles. The summed E-state index contributed by atoms with van der Waals surface area (Å²) in [5.41, 5.74) is 3.50. The minimum absolute atomic E-state index is 0.0603. The summed E-state index contributed by atoms with van der Waals surface area (Å²) in [6, 6.07) is 17.6. The SMILES string of the molecule is Cc1cccc(Nc2cc(Nc3cccc(NC(=O)C=CCN(C)CCCCNC(=O)CCCC(=O)NCCCOCCOCCOCCCNC(=O)CCCC[C@@H]4SC[C@@H]5NC(=O)N[C@@H]54)c3)ncn2)c1. The van der Waals surface area contributed by atoms with E-state index in [1.54, 1.807) is 0 Å². The van der Waals surface area contributed by atoms with Crippen molar-refractivity contribution in [2.24, 2.45) is 0 Å². The van der Waals surface area contributed by atoms with Gasteiger partial charge in [-0.25, -0.2) is 14.8 Å². The van der Waals surface area contributed by atoms with E-state index in [1.807, 2.05) is 86.4 Å². The molecular formula is C51H75N11O8S. The molecule has 3 atom stereocenters. The molecule has 2 aliphatic rings. The number of benzene rings is 2. The highest BCUT2D eigenvalue weighted by Gasteiger charge is 2.42. The summed E-state index contributed by atoms with van der Waals surface area (Å²) >= 11 is 1.90. The average molecular weight is 1000 g/mol. The summed E-state index contributed by atoms with van der Waals surface area (Å²) in [4.78, 5) is 71.5. The first-order valence-electron chi connectivity index (χ1n) is 25.0. The molecule has 19 nitrogen and oxygen atoms in total. The Bertz CT molecular complexity index is 2130. The van der Waals surface area contributed by atoms with Gasteiger partial charge in [-0.1, -0.05) is 30.7 Å². The molecule has 0 unspecified atom stereocenters. The Labute approximate surface area is 422 Å². The van der Waals surface area contributed by atoms with Gasteiger partial charge < -0.3 is 61.6 Å². The van der Waals surface area contributed by atoms with Crippen molar-refractivity contribution in [2.45, 2.75) is 94.9 Å². The van der Waals surface area contributed by atoms with Crippen LogP contribution < -0.4 is 42.5 Å². The van der Waals surface area contributed by atoms with Crippen LogP contribution in [-0.4, -0.2) is 147 Å². The number of aryl methyl sites for hydroxylation is 1. The van der Waals surface area contributed by atoms with Crippen molar-refractivity contribution >= 4 is 70.1 Å². The number of aromatic nitrogens is 2. The lowest BCUT2D eigenvalue weighted by molar-refractivity contribution is -0.123. The van der Waals surface area contributed by atoms with Crippen molar-refractivity contribution in [3.8, 4) is 0 Å². The molecule has 388 valence electrons. The van der Waals surface area contributed by atoms with Gasteiger partial charge in [0.25, 0.3) is 0 Å². The van der Waals surface area contributed by atoms with Gasteiger partial charge in [-0.3, -0.25) is 19.2 Å². The van der Waals surface area contributed by atoms with E-state index < -0.39 is 0 Å². The number of ether oxygens (including phenoxy) is 3. The second-order valence-corrected chi connectivity index (χ2v) is 18.9. The summed E-state index contributed by atoms with van der Waals surface area (Å²) < 4.78 is 16.7. The monoisotopic (exact) mass is 1000 g/mol. The third-order valence-electron chi connectivity index (χ3n) is 11.5. The number of unbranched alkanes of at least 4 members (excludes halogenated alkanes) is 2. The first-order chi connectivity index (χ1) is 34.6. The van der Waals surface area contributed by atoms with Crippen molar-refractivity contribution in [1.29, 1.82) is 0 Å². The lowest BCUT2D eigenvalue weighted by atomic mass is 10.0. The normalized spacial score (nSPS) is 16.0. The predicted octanol–water partition coefficient (Wildman–Crippen LogP) is 5.55. The fraction of sp³-hybridized carbons (Fsp3) is 0.549. The Hall–Kier alpha value is -5.80. The molecule has 2 saturated heterocycles. The van der Waals surface area contributed by atoms with Crippen LogP contribution in [0.1, 0.15) is 76.2 Å². The van der Waals surface area contributed by atoms with Gasteiger partial charge in [-0.05, 0) is 101 Å². The van der Waals surface area contributed by atoms with E-state index >= 15 is 0 Å². The fourth-order valence-electron chi connectivity index (χ4n) is 7.83. The quantitative estimate of drug-likeness (QED) is 0.0203. The van der Waals surface area contributed by atoms with Crippen LogP contribution in [0.5, 0.6) is 0 Å². The molecule has 1 aromatic heterocycles. The number of amides is 6. The van der Waals surface area contributed by atoms with Gasteiger partial charge >= 0.3 is 6.03 Å². The lowest BCUT2D eigenvalue weighted by Crippen LogP contribution is -2.36. The maximum absolute atomic E-state index is 12.6. The highest BCUT2D eigenvalue weighted by Crippen LogP contribution is 2.33. The zero-order chi connectivity index (χ0) is 50.3. The van der Waals surface area contributed by atoms with Crippen LogP contribution in [-0.2, 0) is 33.4 Å². The lowest BCUT2D eigenvalue weighted by Gasteiger charge is -2.16. The number of nitrogens with one attached hydrogen (secondary N) is 8. The largest absolute Gasteiger partial charge is 0.379 e. The van der Waals surface area contributed by atoms with Crippen molar-refractivity contribution in [3.05, 3.63) is 78.6 Å². The zero-order valence-electron chi connectivity index (χ0n) is 41.4. The third kappa shape index (κ3) is 23.8. The number of carbonyl (C=O) groups excluding carboxylic acids is 5. The van der Waals surface area contributed by atoms with Crippen LogP contribution in [0.3, 0.4) is 0 Å². The van der Waals surface area contributed by atoms with Crippen LogP contribution in [0.15, 0.2) is 73.1 Å². The van der Waals surface area contributed by atoms with Gasteiger partial charge in [-0.15, -0.1) is 0 Å². The first-order valence-corrected chi connectivity index (χ1v) is 26.1. The van der Waals surface area contributed by atoms with Gasteiger partial charge in [0, 0.05) is 98.9 Å². The molecule has 2 fully saturated rings. The molecule has 0 radical (unpaired) electrons. The number of thioether (sulfide) groups is 1. The van der Waals surface area contributed by atoms with Gasteiger partial charge in [0.05, 0.1) is 38.5 Å². The molecule has 2 aromatic carbocycles. The van der Waals surface area contributed by atoms with Crippen LogP contribution in [0.2, 0.25) is 0 Å². The molecule has 6 amide bonds. The smallest absolute Gasteiger partial charge is 0.315 e. The topological polar surface area (TPSA) is 238 Å². The molecular weight excluding hydrogens is 927 g/mol. The number of likely N-dealkylation sites (N-methyl/N-ethyl adjacent to an activating group) is 1. The summed E-state index contributed by atoms with van der Waals surface area (Å²) in [6.07, 6.45) is 12.4. The van der Waals surface area contributed by atoms with E-state index in [-0.39, 0.29) is 41.7 Å². The maximum Gasteiger partial charge on any atom is 0.315 e. The number of fused-ring (bicyclic) bond motifs is 1. The van der Waals surface area contributed by atoms with E-state index in [4.69, 9.17) is 14.2 Å². The number of anilines is 5. The number of rotatable bonds is 36. The average Bonchev–Trinajstić information content (AvgIpc) is 3.90. The Morgan fingerprint density at radius 3 is 1.96 bits per heavy atom. The number of nitrogens with zero attached hydrogens (tertiary/aromatic N) is 3. The van der Waals surface area contributed by atoms with E-state index in [0.29, 0.717) is 120 Å². The second-order valence-electron chi connectivity index (χ2n) is 17.7. The third-order valence-corrected chi connectivity index (χ3v) is 13.1. The molecule has 0 spiro atoms. The van der Waals surface area contributed by atoms with Gasteiger partial charge in [0.1, 0.15) is 18.0 Å². The number of hydrogen-bond acceptors (Lipinski definition) is 14. The first kappa shape index (κ1) is 56.1. The standard InChI is InChI=1S/C51H75N11O8S/c1-38-13-7-14-39(33-38)57-44-35-45(56-37-55-44)58-40-15-8-16-41(34-40)59-49(66)21-10-26-62(2)25-6-5-22-52-47(64)19-9-20-48(65)54-24-12-28-69-30-32-70-31-29-68-27-11-23-53-46(63)18-4-3-17-43-50-42(36-71-43)60-51(67)61-50/h7-8,10,13-16,21,33-35,37,42-43,50H,3-6,9,11-12,17-20,22-32,36H2,1-2H3,(H,52,64)(H,53,63)(H,54,65)(H,59,66)(H2,60,61,67)(H2,55,56,57,58)/t42-,43-,50-/m0/s1. The molecule has 0 bridgehead atoms. The van der Waals surface area contributed by atoms with Crippen molar-refractivity contribution < 1.29 is 38.2 Å². The Balaban J connectivity index is 0.747. The van der Waals surface area contributed by atoms with E-state index in [1.165, 1.54) is 12.4 Å².